The third kappa shape index (κ3) is 40.3. The lowest BCUT2D eigenvalue weighted by atomic mass is 10.1. The molecule has 0 aliphatic carbocycles. The number of hydrogen-bond donors (Lipinski definition) is 1. The Morgan fingerprint density at radius 1 is 0.500 bits per heavy atom. The molecule has 0 aromatic rings. The molecule has 0 aromatic carbocycles. The summed E-state index contributed by atoms with van der Waals surface area (Å²) in [5.41, 5.74) is 0. The Balaban J connectivity index is 3.51. The molecule has 0 bridgehead atoms. The summed E-state index contributed by atoms with van der Waals surface area (Å²) in [6.07, 6.45) is 58.1. The zero-order chi connectivity index (χ0) is 36.3. The minimum atomic E-state index is -0.550. The van der Waals surface area contributed by atoms with Crippen molar-refractivity contribution in [2.24, 2.45) is 0 Å². The number of hydrogen-bond acceptors (Lipinski definition) is 4. The van der Waals surface area contributed by atoms with Crippen LogP contribution in [0.2, 0.25) is 0 Å². The number of esters is 1. The predicted molar refractivity (Wildman–Crippen MR) is 219 cm³/mol. The number of aliphatic hydroxyl groups excluding tert-OH is 1. The van der Waals surface area contributed by atoms with E-state index < -0.39 is 6.10 Å². The zero-order valence-electron chi connectivity index (χ0n) is 32.9. The van der Waals surface area contributed by atoms with Crippen LogP contribution in [-0.4, -0.2) is 37.0 Å². The third-order valence-corrected chi connectivity index (χ3v) is 8.77. The molecule has 4 nitrogen and oxygen atoms in total. The molecule has 0 saturated heterocycles. The molecular weight excluding hydrogens is 617 g/mol. The molecule has 0 spiro atoms. The molecule has 50 heavy (non-hydrogen) atoms. The van der Waals surface area contributed by atoms with E-state index in [0.717, 1.165) is 70.6 Å². The molecular formula is C46H80O4. The summed E-state index contributed by atoms with van der Waals surface area (Å²) in [4.78, 5) is 12.2. The van der Waals surface area contributed by atoms with Crippen molar-refractivity contribution in [3.05, 3.63) is 72.9 Å². The van der Waals surface area contributed by atoms with Crippen LogP contribution in [-0.2, 0) is 14.3 Å². The fourth-order valence-electron chi connectivity index (χ4n) is 5.64. The minimum absolute atomic E-state index is 0.184. The van der Waals surface area contributed by atoms with Gasteiger partial charge in [-0.1, -0.05) is 170 Å². The summed E-state index contributed by atoms with van der Waals surface area (Å²) in [6, 6.07) is 0. The standard InChI is InChI=1S/C46H80O4/c1-3-5-7-9-11-13-15-17-19-21-22-23-24-25-26-28-30-32-34-36-38-40-42-49-44-45(43-47)50-46(48)41-39-37-35-33-31-29-27-20-18-16-14-12-10-8-6-4-2/h5,7,11,13,17,19-20,22-23,25-27,45,47H,3-4,6,8-10,12,14-16,18,21,24,28-44H2,1-2H3/b7-5-,13-11-,19-17-,23-22-,26-25-,27-20-. The van der Waals surface area contributed by atoms with Crippen molar-refractivity contribution < 1.29 is 19.4 Å². The molecule has 1 unspecified atom stereocenters. The lowest BCUT2D eigenvalue weighted by Gasteiger charge is -2.15. The van der Waals surface area contributed by atoms with Crippen LogP contribution >= 0.6 is 0 Å². The molecule has 0 radical (unpaired) electrons. The van der Waals surface area contributed by atoms with Crippen LogP contribution in [0.1, 0.15) is 187 Å². The van der Waals surface area contributed by atoms with Crippen LogP contribution in [0.25, 0.3) is 0 Å². The SMILES string of the molecule is CC/C=C\C/C=C\C/C=C\C/C=C\C/C=C\CCCCCCCCOCC(CO)OC(=O)CCCCCCC/C=C\CCCCCCCCC. The Labute approximate surface area is 310 Å². The molecule has 0 heterocycles. The quantitative estimate of drug-likeness (QED) is 0.0397. The average Bonchev–Trinajstić information content (AvgIpc) is 3.12. The van der Waals surface area contributed by atoms with Gasteiger partial charge in [-0.2, -0.15) is 0 Å². The van der Waals surface area contributed by atoms with Gasteiger partial charge in [0, 0.05) is 13.0 Å². The highest BCUT2D eigenvalue weighted by molar-refractivity contribution is 5.69. The van der Waals surface area contributed by atoms with Crippen molar-refractivity contribution >= 4 is 5.97 Å². The van der Waals surface area contributed by atoms with Gasteiger partial charge < -0.3 is 14.6 Å². The van der Waals surface area contributed by atoms with E-state index in [1.165, 1.54) is 96.3 Å². The molecule has 0 amide bonds. The van der Waals surface area contributed by atoms with E-state index in [4.69, 9.17) is 9.47 Å². The molecule has 0 fully saturated rings. The number of allylic oxidation sites excluding steroid dienone is 12. The number of rotatable bonds is 38. The summed E-state index contributed by atoms with van der Waals surface area (Å²) < 4.78 is 11.1. The van der Waals surface area contributed by atoms with Crippen molar-refractivity contribution in [2.75, 3.05) is 19.8 Å². The zero-order valence-corrected chi connectivity index (χ0v) is 32.9. The van der Waals surface area contributed by atoms with Crippen LogP contribution in [0.5, 0.6) is 0 Å². The van der Waals surface area contributed by atoms with Crippen LogP contribution in [0.4, 0.5) is 0 Å². The van der Waals surface area contributed by atoms with E-state index in [1.54, 1.807) is 0 Å². The van der Waals surface area contributed by atoms with Gasteiger partial charge in [0.1, 0.15) is 6.10 Å². The Morgan fingerprint density at radius 2 is 0.900 bits per heavy atom. The van der Waals surface area contributed by atoms with E-state index in [2.05, 4.69) is 86.8 Å². The molecule has 0 aromatic heterocycles. The summed E-state index contributed by atoms with van der Waals surface area (Å²) in [6.45, 7) is 5.18. The molecule has 1 N–H and O–H groups in total. The summed E-state index contributed by atoms with van der Waals surface area (Å²) >= 11 is 0. The lowest BCUT2D eigenvalue weighted by molar-refractivity contribution is -0.154. The van der Waals surface area contributed by atoms with Crippen molar-refractivity contribution in [1.29, 1.82) is 0 Å². The van der Waals surface area contributed by atoms with Gasteiger partial charge in [-0.15, -0.1) is 0 Å². The fraction of sp³-hybridized carbons (Fsp3) is 0.717. The summed E-state index contributed by atoms with van der Waals surface area (Å²) in [5, 5.41) is 9.59. The number of unbranched alkanes of at least 4 members (excludes halogenated alkanes) is 18. The molecule has 0 saturated carbocycles. The van der Waals surface area contributed by atoms with E-state index in [1.807, 2.05) is 0 Å². The van der Waals surface area contributed by atoms with Crippen LogP contribution in [0, 0.1) is 0 Å². The van der Waals surface area contributed by atoms with Gasteiger partial charge in [-0.25, -0.2) is 0 Å². The average molecular weight is 697 g/mol. The van der Waals surface area contributed by atoms with Crippen molar-refractivity contribution in [3.63, 3.8) is 0 Å². The molecule has 0 rings (SSSR count). The van der Waals surface area contributed by atoms with Crippen molar-refractivity contribution in [1.82, 2.24) is 0 Å². The number of carbonyl (C=O) groups is 1. The first-order chi connectivity index (χ1) is 24.7. The highest BCUT2D eigenvalue weighted by atomic mass is 16.6. The Bertz CT molecular complexity index is 865. The van der Waals surface area contributed by atoms with Crippen LogP contribution < -0.4 is 0 Å². The minimum Gasteiger partial charge on any atom is -0.457 e. The smallest absolute Gasteiger partial charge is 0.306 e. The number of carbonyl (C=O) groups excluding carboxylic acids is 1. The maximum Gasteiger partial charge on any atom is 0.306 e. The second-order valence-corrected chi connectivity index (χ2v) is 13.7. The van der Waals surface area contributed by atoms with Crippen molar-refractivity contribution in [2.45, 2.75) is 193 Å². The van der Waals surface area contributed by atoms with Gasteiger partial charge in [0.05, 0.1) is 13.2 Å². The molecule has 1 atom stereocenters. The topological polar surface area (TPSA) is 55.8 Å². The highest BCUT2D eigenvalue weighted by Gasteiger charge is 2.13. The first-order valence-corrected chi connectivity index (χ1v) is 21.0. The fourth-order valence-corrected chi connectivity index (χ4v) is 5.64. The normalized spacial score (nSPS) is 13.1. The molecule has 0 aliphatic heterocycles. The summed E-state index contributed by atoms with van der Waals surface area (Å²) in [5.74, 6) is -0.217. The Hall–Kier alpha value is -2.17. The van der Waals surface area contributed by atoms with E-state index in [9.17, 15) is 9.90 Å². The van der Waals surface area contributed by atoms with Gasteiger partial charge >= 0.3 is 5.97 Å². The first-order valence-electron chi connectivity index (χ1n) is 21.0. The predicted octanol–water partition coefficient (Wildman–Crippen LogP) is 13.8. The molecule has 288 valence electrons. The Kier molecular flexibility index (Phi) is 41.1. The van der Waals surface area contributed by atoms with Crippen LogP contribution in [0.15, 0.2) is 72.9 Å². The number of ether oxygens (including phenoxy) is 2. The van der Waals surface area contributed by atoms with Gasteiger partial charge in [-0.05, 0) is 83.5 Å². The maximum atomic E-state index is 12.2. The van der Waals surface area contributed by atoms with Crippen molar-refractivity contribution in [3.8, 4) is 0 Å². The number of aliphatic hydroxyl groups is 1. The van der Waals surface area contributed by atoms with Gasteiger partial charge in [0.15, 0.2) is 0 Å². The van der Waals surface area contributed by atoms with Crippen LogP contribution in [0.3, 0.4) is 0 Å². The maximum absolute atomic E-state index is 12.2. The van der Waals surface area contributed by atoms with Gasteiger partial charge in [0.2, 0.25) is 0 Å². The third-order valence-electron chi connectivity index (χ3n) is 8.77. The lowest BCUT2D eigenvalue weighted by Crippen LogP contribution is -2.27. The second kappa shape index (κ2) is 43.0. The largest absolute Gasteiger partial charge is 0.457 e. The van der Waals surface area contributed by atoms with Gasteiger partial charge in [-0.3, -0.25) is 4.79 Å². The van der Waals surface area contributed by atoms with Gasteiger partial charge in [0.25, 0.3) is 0 Å². The van der Waals surface area contributed by atoms with E-state index in [0.29, 0.717) is 13.0 Å². The van der Waals surface area contributed by atoms with E-state index in [-0.39, 0.29) is 19.2 Å². The molecule has 0 aliphatic rings. The molecule has 4 heteroatoms. The highest BCUT2D eigenvalue weighted by Crippen LogP contribution is 2.12. The Morgan fingerprint density at radius 3 is 1.38 bits per heavy atom. The van der Waals surface area contributed by atoms with E-state index >= 15 is 0 Å². The second-order valence-electron chi connectivity index (χ2n) is 13.7. The first kappa shape index (κ1) is 47.8. The monoisotopic (exact) mass is 697 g/mol. The summed E-state index contributed by atoms with van der Waals surface area (Å²) in [7, 11) is 0.